The molecule has 0 spiro atoms. The molecule has 3 nitrogen and oxygen atoms in total. The van der Waals surface area contributed by atoms with Crippen LogP contribution in [0, 0.1) is 0 Å². The Morgan fingerprint density at radius 2 is 2.33 bits per heavy atom. The molecule has 0 radical (unpaired) electrons. The number of hydrogen-bond donors (Lipinski definition) is 1. The molecule has 0 heterocycles. The van der Waals surface area contributed by atoms with Crippen molar-refractivity contribution in [3.63, 3.8) is 0 Å². The fourth-order valence-corrected chi connectivity index (χ4v) is 1.74. The molecule has 12 heavy (non-hydrogen) atoms. The number of thioether (sulfide) groups is 1. The zero-order valence-electron chi connectivity index (χ0n) is 7.58. The minimum Gasteiger partial charge on any atom is -0.481 e. The zero-order valence-corrected chi connectivity index (χ0v) is 8.39. The van der Waals surface area contributed by atoms with Gasteiger partial charge in [0.25, 0.3) is 0 Å². The largest absolute Gasteiger partial charge is 0.481 e. The second kappa shape index (κ2) is 7.43. The molecule has 1 N–H and O–H groups in total. The number of rotatable bonds is 7. The molecule has 4 heteroatoms. The highest BCUT2D eigenvalue weighted by Crippen LogP contribution is 2.14. The molecule has 0 saturated carbocycles. The van der Waals surface area contributed by atoms with E-state index in [0.717, 1.165) is 18.8 Å². The normalized spacial score (nSPS) is 12.8. The summed E-state index contributed by atoms with van der Waals surface area (Å²) in [5.41, 5.74) is 0. The molecule has 0 aliphatic carbocycles. The van der Waals surface area contributed by atoms with Gasteiger partial charge in [-0.2, -0.15) is 11.8 Å². The van der Waals surface area contributed by atoms with Gasteiger partial charge in [0.15, 0.2) is 0 Å². The van der Waals surface area contributed by atoms with Crippen molar-refractivity contribution in [3.8, 4) is 0 Å². The summed E-state index contributed by atoms with van der Waals surface area (Å²) in [4.78, 5) is 10.3. The predicted octanol–water partition coefficient (Wildman–Crippen LogP) is 1.62. The first-order chi connectivity index (χ1) is 5.66. The maximum absolute atomic E-state index is 10.3. The maximum Gasteiger partial charge on any atom is 0.304 e. The minimum absolute atomic E-state index is 0.208. The Bertz CT molecular complexity index is 127. The van der Waals surface area contributed by atoms with Crippen LogP contribution in [0.4, 0.5) is 0 Å². The summed E-state index contributed by atoms with van der Waals surface area (Å²) in [6.45, 7) is 2.69. The van der Waals surface area contributed by atoms with Gasteiger partial charge in [-0.3, -0.25) is 4.79 Å². The lowest BCUT2D eigenvalue weighted by molar-refractivity contribution is -0.136. The summed E-state index contributed by atoms with van der Waals surface area (Å²) in [5.74, 6) is 0.254. The highest BCUT2D eigenvalue weighted by atomic mass is 32.2. The summed E-state index contributed by atoms with van der Waals surface area (Å²) >= 11 is 1.68. The number of methoxy groups -OCH3 is 1. The third-order valence-corrected chi connectivity index (χ3v) is 2.62. The van der Waals surface area contributed by atoms with Gasteiger partial charge in [-0.25, -0.2) is 0 Å². The third-order valence-electron chi connectivity index (χ3n) is 1.36. The van der Waals surface area contributed by atoms with E-state index in [4.69, 9.17) is 9.84 Å². The van der Waals surface area contributed by atoms with E-state index in [1.54, 1.807) is 18.9 Å². The molecule has 0 fully saturated rings. The summed E-state index contributed by atoms with van der Waals surface area (Å²) in [6, 6.07) is 0. The summed E-state index contributed by atoms with van der Waals surface area (Å²) in [5, 5.41) is 8.66. The maximum atomic E-state index is 10.3. The molecular weight excluding hydrogens is 176 g/mol. The summed E-state index contributed by atoms with van der Waals surface area (Å²) in [7, 11) is 1.67. The molecule has 1 unspecified atom stereocenters. The van der Waals surface area contributed by atoms with Crippen molar-refractivity contribution in [3.05, 3.63) is 0 Å². The Kier molecular flexibility index (Phi) is 7.29. The Balaban J connectivity index is 3.19. The van der Waals surface area contributed by atoms with Gasteiger partial charge in [0.2, 0.25) is 0 Å². The van der Waals surface area contributed by atoms with Gasteiger partial charge in [-0.1, -0.05) is 6.92 Å². The number of carbonyl (C=O) groups is 1. The van der Waals surface area contributed by atoms with Crippen molar-refractivity contribution in [2.45, 2.75) is 25.0 Å². The van der Waals surface area contributed by atoms with E-state index in [9.17, 15) is 4.79 Å². The first-order valence-corrected chi connectivity index (χ1v) is 5.04. The average molecular weight is 192 g/mol. The molecule has 0 aromatic carbocycles. The first-order valence-electron chi connectivity index (χ1n) is 3.99. The second-order valence-corrected chi connectivity index (χ2v) is 4.17. The molecule has 0 bridgehead atoms. The Morgan fingerprint density at radius 1 is 1.67 bits per heavy atom. The topological polar surface area (TPSA) is 46.5 Å². The fourth-order valence-electron chi connectivity index (χ4n) is 0.793. The van der Waals surface area contributed by atoms with Gasteiger partial charge in [-0.15, -0.1) is 0 Å². The molecule has 0 aliphatic heterocycles. The van der Waals surface area contributed by atoms with E-state index in [1.165, 1.54) is 0 Å². The summed E-state index contributed by atoms with van der Waals surface area (Å²) in [6.07, 6.45) is 1.24. The van der Waals surface area contributed by atoms with Crippen molar-refractivity contribution < 1.29 is 14.6 Å². The van der Waals surface area contributed by atoms with E-state index in [1.807, 2.05) is 6.92 Å². The molecule has 72 valence electrons. The molecule has 0 aromatic heterocycles. The standard InChI is InChI=1S/C8H16O3S/c1-7(6-8(9)10)12-5-3-4-11-2/h7H,3-6H2,1-2H3,(H,9,10). The van der Waals surface area contributed by atoms with Crippen LogP contribution in [-0.2, 0) is 9.53 Å². The lowest BCUT2D eigenvalue weighted by Gasteiger charge is -2.07. The Hall–Kier alpha value is -0.220. The van der Waals surface area contributed by atoms with Crippen molar-refractivity contribution in [2.24, 2.45) is 0 Å². The molecule has 1 atom stereocenters. The van der Waals surface area contributed by atoms with Crippen molar-refractivity contribution in [1.29, 1.82) is 0 Å². The van der Waals surface area contributed by atoms with Crippen LogP contribution in [0.15, 0.2) is 0 Å². The predicted molar refractivity (Wildman–Crippen MR) is 50.7 cm³/mol. The lowest BCUT2D eigenvalue weighted by Crippen LogP contribution is -2.06. The molecule has 0 rings (SSSR count). The van der Waals surface area contributed by atoms with Gasteiger partial charge >= 0.3 is 5.97 Å². The fraction of sp³-hybridized carbons (Fsp3) is 0.875. The van der Waals surface area contributed by atoms with Crippen LogP contribution in [0.3, 0.4) is 0 Å². The van der Waals surface area contributed by atoms with Crippen LogP contribution in [0.1, 0.15) is 19.8 Å². The van der Waals surface area contributed by atoms with Crippen LogP contribution in [0.5, 0.6) is 0 Å². The van der Waals surface area contributed by atoms with Crippen LogP contribution in [0.25, 0.3) is 0 Å². The van der Waals surface area contributed by atoms with Gasteiger partial charge < -0.3 is 9.84 Å². The third kappa shape index (κ3) is 7.88. The highest BCUT2D eigenvalue weighted by molar-refractivity contribution is 7.99. The zero-order chi connectivity index (χ0) is 9.40. The average Bonchev–Trinajstić information content (AvgIpc) is 1.97. The second-order valence-electron chi connectivity index (χ2n) is 2.63. The number of ether oxygens (including phenoxy) is 1. The van der Waals surface area contributed by atoms with Crippen molar-refractivity contribution >= 4 is 17.7 Å². The first kappa shape index (κ1) is 11.8. The molecule has 0 aliphatic rings. The van der Waals surface area contributed by atoms with E-state index in [2.05, 4.69) is 0 Å². The quantitative estimate of drug-likeness (QED) is 0.623. The van der Waals surface area contributed by atoms with E-state index < -0.39 is 5.97 Å². The lowest BCUT2D eigenvalue weighted by atomic mass is 10.3. The summed E-state index contributed by atoms with van der Waals surface area (Å²) < 4.78 is 4.88. The molecule has 0 aromatic rings. The number of hydrogen-bond acceptors (Lipinski definition) is 3. The van der Waals surface area contributed by atoms with Gasteiger partial charge in [0, 0.05) is 19.0 Å². The monoisotopic (exact) mass is 192 g/mol. The van der Waals surface area contributed by atoms with Gasteiger partial charge in [0.05, 0.1) is 6.42 Å². The van der Waals surface area contributed by atoms with E-state index >= 15 is 0 Å². The number of carboxylic acid groups (broad SMARTS) is 1. The number of carboxylic acids is 1. The number of aliphatic carboxylic acids is 1. The van der Waals surface area contributed by atoms with Crippen LogP contribution >= 0.6 is 11.8 Å². The van der Waals surface area contributed by atoms with Crippen LogP contribution < -0.4 is 0 Å². The molecular formula is C8H16O3S. The van der Waals surface area contributed by atoms with Crippen LogP contribution in [-0.4, -0.2) is 35.8 Å². The van der Waals surface area contributed by atoms with Crippen LogP contribution in [0.2, 0.25) is 0 Å². The molecule has 0 amide bonds. The Labute approximate surface area is 77.5 Å². The highest BCUT2D eigenvalue weighted by Gasteiger charge is 2.06. The van der Waals surface area contributed by atoms with Crippen molar-refractivity contribution in [1.82, 2.24) is 0 Å². The van der Waals surface area contributed by atoms with E-state index in [-0.39, 0.29) is 11.7 Å². The Morgan fingerprint density at radius 3 is 2.83 bits per heavy atom. The van der Waals surface area contributed by atoms with Gasteiger partial charge in [-0.05, 0) is 12.2 Å². The van der Waals surface area contributed by atoms with Gasteiger partial charge in [0.1, 0.15) is 0 Å². The van der Waals surface area contributed by atoms with E-state index in [0.29, 0.717) is 0 Å². The molecule has 0 saturated heterocycles. The smallest absolute Gasteiger partial charge is 0.304 e. The SMILES string of the molecule is COCCCSC(C)CC(=O)O. The minimum atomic E-state index is -0.721. The van der Waals surface area contributed by atoms with Crippen molar-refractivity contribution in [2.75, 3.05) is 19.5 Å².